The van der Waals surface area contributed by atoms with Gasteiger partial charge in [0.25, 0.3) is 5.91 Å². The van der Waals surface area contributed by atoms with E-state index in [1.807, 2.05) is 0 Å². The van der Waals surface area contributed by atoms with Crippen molar-refractivity contribution >= 4 is 17.8 Å². The number of carboxylic acid groups (broad SMARTS) is 1. The van der Waals surface area contributed by atoms with Crippen LogP contribution in [-0.4, -0.2) is 47.4 Å². The van der Waals surface area contributed by atoms with Crippen LogP contribution in [0, 0.1) is 5.92 Å². The van der Waals surface area contributed by atoms with E-state index in [-0.39, 0.29) is 12.5 Å². The number of hydrogen-bond acceptors (Lipinski definition) is 4. The van der Waals surface area contributed by atoms with E-state index < -0.39 is 23.8 Å². The monoisotopic (exact) mass is 282 g/mol. The highest BCUT2D eigenvalue weighted by atomic mass is 16.4. The maximum Gasteiger partial charge on any atom is 0.308 e. The Morgan fingerprint density at radius 3 is 2.55 bits per heavy atom. The molecule has 1 heterocycles. The summed E-state index contributed by atoms with van der Waals surface area (Å²) in [6.07, 6.45) is 2.64. The van der Waals surface area contributed by atoms with Gasteiger partial charge in [-0.25, -0.2) is 0 Å². The number of carboxylic acids is 1. The van der Waals surface area contributed by atoms with Crippen LogP contribution < -0.4 is 5.32 Å². The van der Waals surface area contributed by atoms with E-state index in [0.717, 1.165) is 0 Å². The molecule has 0 fully saturated rings. The molecule has 2 unspecified atom stereocenters. The molecule has 0 aliphatic heterocycles. The van der Waals surface area contributed by atoms with Gasteiger partial charge >= 0.3 is 5.97 Å². The van der Waals surface area contributed by atoms with E-state index in [1.165, 1.54) is 37.5 Å². The highest BCUT2D eigenvalue weighted by molar-refractivity contribution is 5.97. The summed E-state index contributed by atoms with van der Waals surface area (Å²) >= 11 is 0. The van der Waals surface area contributed by atoms with Crippen LogP contribution in [0.2, 0.25) is 0 Å². The van der Waals surface area contributed by atoms with E-state index in [2.05, 4.69) is 5.32 Å². The number of hydrogen-bond donors (Lipinski definition) is 2. The van der Waals surface area contributed by atoms with Gasteiger partial charge in [0.05, 0.1) is 17.7 Å². The molecule has 7 nitrogen and oxygen atoms in total. The Balaban J connectivity index is 2.54. The SMILES string of the molecule is CC(CN(C)C(=O)C(C)NC(=O)c1ccoc1)C(=O)O. The lowest BCUT2D eigenvalue weighted by molar-refractivity contribution is -0.142. The average molecular weight is 282 g/mol. The van der Waals surface area contributed by atoms with Gasteiger partial charge in [0, 0.05) is 13.6 Å². The molecule has 1 aromatic heterocycles. The molecule has 0 bridgehead atoms. The molecule has 0 spiro atoms. The maximum atomic E-state index is 12.0. The van der Waals surface area contributed by atoms with E-state index >= 15 is 0 Å². The van der Waals surface area contributed by atoms with Crippen molar-refractivity contribution in [2.75, 3.05) is 13.6 Å². The Labute approximate surface area is 116 Å². The number of aliphatic carboxylic acids is 1. The second-order valence-electron chi connectivity index (χ2n) is 4.67. The molecule has 0 aliphatic rings. The van der Waals surface area contributed by atoms with Gasteiger partial charge < -0.3 is 19.7 Å². The molecule has 0 radical (unpaired) electrons. The second kappa shape index (κ2) is 6.74. The second-order valence-corrected chi connectivity index (χ2v) is 4.67. The first-order valence-corrected chi connectivity index (χ1v) is 6.13. The smallest absolute Gasteiger partial charge is 0.308 e. The first-order valence-electron chi connectivity index (χ1n) is 6.13. The molecule has 20 heavy (non-hydrogen) atoms. The number of nitrogens with one attached hydrogen (secondary N) is 1. The minimum atomic E-state index is -0.972. The molecule has 110 valence electrons. The molecule has 0 aromatic carbocycles. The topological polar surface area (TPSA) is 99.9 Å². The average Bonchev–Trinajstić information content (AvgIpc) is 2.91. The summed E-state index contributed by atoms with van der Waals surface area (Å²) in [6, 6.07) is 0.742. The summed E-state index contributed by atoms with van der Waals surface area (Å²) in [6.45, 7) is 3.14. The van der Waals surface area contributed by atoms with Crippen LogP contribution in [0.15, 0.2) is 23.0 Å². The predicted molar refractivity (Wildman–Crippen MR) is 70.1 cm³/mol. The number of amides is 2. The Hall–Kier alpha value is -2.31. The summed E-state index contributed by atoms with van der Waals surface area (Å²) in [5.41, 5.74) is 0.325. The molecule has 0 aliphatic carbocycles. The van der Waals surface area contributed by atoms with Crippen LogP contribution in [-0.2, 0) is 9.59 Å². The Morgan fingerprint density at radius 1 is 1.40 bits per heavy atom. The van der Waals surface area contributed by atoms with Crippen LogP contribution in [0.4, 0.5) is 0 Å². The van der Waals surface area contributed by atoms with Crippen molar-refractivity contribution in [3.8, 4) is 0 Å². The molecule has 0 saturated heterocycles. The van der Waals surface area contributed by atoms with Crippen LogP contribution in [0.1, 0.15) is 24.2 Å². The van der Waals surface area contributed by atoms with Gasteiger partial charge in [-0.2, -0.15) is 0 Å². The third-order valence-electron chi connectivity index (χ3n) is 2.85. The largest absolute Gasteiger partial charge is 0.481 e. The summed E-state index contributed by atoms with van der Waals surface area (Å²) in [7, 11) is 1.50. The number of likely N-dealkylation sites (N-methyl/N-ethyl adjacent to an activating group) is 1. The molecular formula is C13H18N2O5. The van der Waals surface area contributed by atoms with Gasteiger partial charge in [0.15, 0.2) is 0 Å². The normalized spacial score (nSPS) is 13.3. The van der Waals surface area contributed by atoms with E-state index in [4.69, 9.17) is 9.52 Å². The summed E-state index contributed by atoms with van der Waals surface area (Å²) in [5.74, 6) is -2.41. The lowest BCUT2D eigenvalue weighted by atomic mass is 10.1. The van der Waals surface area contributed by atoms with Gasteiger partial charge in [-0.15, -0.1) is 0 Å². The van der Waals surface area contributed by atoms with Gasteiger partial charge in [-0.05, 0) is 13.0 Å². The molecule has 2 atom stereocenters. The van der Waals surface area contributed by atoms with Crippen molar-refractivity contribution in [2.45, 2.75) is 19.9 Å². The Morgan fingerprint density at radius 2 is 2.05 bits per heavy atom. The Bertz CT molecular complexity index is 483. The van der Waals surface area contributed by atoms with Crippen LogP contribution in [0.3, 0.4) is 0 Å². The Kier molecular flexibility index (Phi) is 5.31. The number of rotatable bonds is 6. The summed E-state index contributed by atoms with van der Waals surface area (Å²) in [5, 5.41) is 11.3. The van der Waals surface area contributed by atoms with Crippen molar-refractivity contribution in [1.82, 2.24) is 10.2 Å². The molecular weight excluding hydrogens is 264 g/mol. The molecule has 1 rings (SSSR count). The number of carbonyl (C=O) groups is 3. The van der Waals surface area contributed by atoms with Gasteiger partial charge in [0.2, 0.25) is 5.91 Å². The van der Waals surface area contributed by atoms with Crippen molar-refractivity contribution in [3.63, 3.8) is 0 Å². The van der Waals surface area contributed by atoms with Crippen molar-refractivity contribution < 1.29 is 23.9 Å². The molecule has 7 heteroatoms. The standard InChI is InChI=1S/C13H18N2O5/c1-8(13(18)19)6-15(3)12(17)9(2)14-11(16)10-4-5-20-7-10/h4-5,7-9H,6H2,1-3H3,(H,14,16)(H,18,19). The third-order valence-corrected chi connectivity index (χ3v) is 2.85. The highest BCUT2D eigenvalue weighted by Crippen LogP contribution is 2.03. The van der Waals surface area contributed by atoms with Crippen molar-refractivity contribution in [2.24, 2.45) is 5.92 Å². The first kappa shape index (κ1) is 15.7. The van der Waals surface area contributed by atoms with Crippen molar-refractivity contribution in [1.29, 1.82) is 0 Å². The zero-order valence-corrected chi connectivity index (χ0v) is 11.6. The molecule has 1 aromatic rings. The molecule has 0 saturated carbocycles. The van der Waals surface area contributed by atoms with E-state index in [1.54, 1.807) is 6.92 Å². The number of furan rings is 1. The van der Waals surface area contributed by atoms with Crippen molar-refractivity contribution in [3.05, 3.63) is 24.2 Å². The highest BCUT2D eigenvalue weighted by Gasteiger charge is 2.23. The third kappa shape index (κ3) is 4.11. The minimum Gasteiger partial charge on any atom is -0.481 e. The quantitative estimate of drug-likeness (QED) is 0.795. The van der Waals surface area contributed by atoms with E-state index in [0.29, 0.717) is 5.56 Å². The lowest BCUT2D eigenvalue weighted by Gasteiger charge is -2.23. The number of nitrogens with zero attached hydrogens (tertiary/aromatic N) is 1. The van der Waals surface area contributed by atoms with Gasteiger partial charge in [-0.1, -0.05) is 6.92 Å². The number of carbonyl (C=O) groups excluding carboxylic acids is 2. The minimum absolute atomic E-state index is 0.0834. The fourth-order valence-corrected chi connectivity index (χ4v) is 1.64. The zero-order valence-electron chi connectivity index (χ0n) is 11.6. The lowest BCUT2D eigenvalue weighted by Crippen LogP contribution is -2.47. The van der Waals surface area contributed by atoms with E-state index in [9.17, 15) is 14.4 Å². The first-order chi connectivity index (χ1) is 9.32. The fraction of sp³-hybridized carbons (Fsp3) is 0.462. The van der Waals surface area contributed by atoms with Gasteiger partial charge in [-0.3, -0.25) is 14.4 Å². The molecule has 2 amide bonds. The zero-order chi connectivity index (χ0) is 15.3. The van der Waals surface area contributed by atoms with Crippen LogP contribution >= 0.6 is 0 Å². The maximum absolute atomic E-state index is 12.0. The van der Waals surface area contributed by atoms with Crippen LogP contribution in [0.25, 0.3) is 0 Å². The summed E-state index contributed by atoms with van der Waals surface area (Å²) < 4.78 is 4.78. The summed E-state index contributed by atoms with van der Waals surface area (Å²) in [4.78, 5) is 35.8. The van der Waals surface area contributed by atoms with Gasteiger partial charge in [0.1, 0.15) is 12.3 Å². The van der Waals surface area contributed by atoms with Crippen LogP contribution in [0.5, 0.6) is 0 Å². The fourth-order valence-electron chi connectivity index (χ4n) is 1.64. The molecule has 2 N–H and O–H groups in total. The predicted octanol–water partition coefficient (Wildman–Crippen LogP) is 0.577.